The highest BCUT2D eigenvalue weighted by atomic mass is 16.3. The Morgan fingerprint density at radius 2 is 1.92 bits per heavy atom. The van der Waals surface area contributed by atoms with Crippen LogP contribution >= 0.6 is 0 Å². The van der Waals surface area contributed by atoms with Crippen LogP contribution in [0.25, 0.3) is 10.8 Å². The van der Waals surface area contributed by atoms with Gasteiger partial charge in [0, 0.05) is 12.1 Å². The summed E-state index contributed by atoms with van der Waals surface area (Å²) >= 11 is 0. The number of likely N-dealkylation sites (tertiary alicyclic amines) is 1. The predicted octanol–water partition coefficient (Wildman–Crippen LogP) is 3.35. The van der Waals surface area contributed by atoms with E-state index in [1.807, 2.05) is 48.5 Å². The van der Waals surface area contributed by atoms with Crippen LogP contribution < -0.4 is 5.32 Å². The minimum Gasteiger partial charge on any atom is -0.467 e. The second kappa shape index (κ2) is 7.04. The van der Waals surface area contributed by atoms with Crippen molar-refractivity contribution in [3.8, 4) is 0 Å². The van der Waals surface area contributed by atoms with Crippen molar-refractivity contribution in [2.45, 2.75) is 25.4 Å². The van der Waals surface area contributed by atoms with Crippen molar-refractivity contribution >= 4 is 22.6 Å². The first-order chi connectivity index (χ1) is 12.7. The second-order valence-electron chi connectivity index (χ2n) is 6.52. The summed E-state index contributed by atoms with van der Waals surface area (Å²) in [5.41, 5.74) is 0.620. The number of hydrogen-bond acceptors (Lipinski definition) is 3. The molecule has 0 spiro atoms. The molecular formula is C21H20N2O3. The third kappa shape index (κ3) is 3.20. The van der Waals surface area contributed by atoms with E-state index in [0.717, 1.165) is 17.2 Å². The minimum absolute atomic E-state index is 0.0913. The molecule has 1 fully saturated rings. The van der Waals surface area contributed by atoms with Crippen molar-refractivity contribution in [1.82, 2.24) is 10.2 Å². The first kappa shape index (κ1) is 16.4. The maximum absolute atomic E-state index is 13.0. The van der Waals surface area contributed by atoms with Gasteiger partial charge in [-0.2, -0.15) is 0 Å². The van der Waals surface area contributed by atoms with Crippen LogP contribution in [0.5, 0.6) is 0 Å². The van der Waals surface area contributed by atoms with Gasteiger partial charge in [-0.3, -0.25) is 9.59 Å². The third-order valence-electron chi connectivity index (χ3n) is 4.83. The van der Waals surface area contributed by atoms with Crippen LogP contribution in [0.1, 0.15) is 29.0 Å². The molecule has 3 aromatic rings. The zero-order chi connectivity index (χ0) is 17.9. The standard InChI is InChI=1S/C21H20N2O3/c24-20(22-14-18-7-4-12-26-18)19-8-3-11-23(19)21(25)17-10-9-15-5-1-2-6-16(15)13-17/h1-2,4-7,9-10,12-13,19H,3,8,11,14H2,(H,22,24)/t19-/m0/s1. The Morgan fingerprint density at radius 1 is 1.08 bits per heavy atom. The molecule has 0 saturated carbocycles. The van der Waals surface area contributed by atoms with E-state index in [1.165, 1.54) is 0 Å². The fourth-order valence-electron chi connectivity index (χ4n) is 3.48. The fraction of sp³-hybridized carbons (Fsp3) is 0.238. The molecule has 0 unspecified atom stereocenters. The highest BCUT2D eigenvalue weighted by molar-refractivity contribution is 6.01. The van der Waals surface area contributed by atoms with Crippen molar-refractivity contribution in [2.24, 2.45) is 0 Å². The first-order valence-electron chi connectivity index (χ1n) is 8.82. The van der Waals surface area contributed by atoms with Gasteiger partial charge in [0.2, 0.25) is 5.91 Å². The molecule has 0 radical (unpaired) electrons. The molecule has 1 aliphatic rings. The van der Waals surface area contributed by atoms with Gasteiger partial charge in [0.05, 0.1) is 12.8 Å². The Labute approximate surface area is 151 Å². The zero-order valence-electron chi connectivity index (χ0n) is 14.4. The predicted molar refractivity (Wildman–Crippen MR) is 98.6 cm³/mol. The molecule has 2 aromatic carbocycles. The van der Waals surface area contributed by atoms with E-state index in [0.29, 0.717) is 30.8 Å². The minimum atomic E-state index is -0.427. The van der Waals surface area contributed by atoms with E-state index in [1.54, 1.807) is 17.2 Å². The lowest BCUT2D eigenvalue weighted by Crippen LogP contribution is -2.45. The summed E-state index contributed by atoms with van der Waals surface area (Å²) in [4.78, 5) is 27.2. The Kier molecular flexibility index (Phi) is 4.44. The van der Waals surface area contributed by atoms with Crippen LogP contribution in [0.2, 0.25) is 0 Å². The van der Waals surface area contributed by atoms with Crippen molar-refractivity contribution in [1.29, 1.82) is 0 Å². The van der Waals surface area contributed by atoms with Gasteiger partial charge in [-0.1, -0.05) is 30.3 Å². The van der Waals surface area contributed by atoms with Crippen molar-refractivity contribution in [3.05, 3.63) is 72.2 Å². The van der Waals surface area contributed by atoms with E-state index in [-0.39, 0.29) is 11.8 Å². The molecule has 132 valence electrons. The average molecular weight is 348 g/mol. The Balaban J connectivity index is 1.49. The van der Waals surface area contributed by atoms with E-state index >= 15 is 0 Å². The molecule has 26 heavy (non-hydrogen) atoms. The topological polar surface area (TPSA) is 62.6 Å². The number of amides is 2. The van der Waals surface area contributed by atoms with E-state index in [2.05, 4.69) is 5.32 Å². The van der Waals surface area contributed by atoms with Crippen LogP contribution in [0.4, 0.5) is 0 Å². The monoisotopic (exact) mass is 348 g/mol. The SMILES string of the molecule is O=C(NCc1ccco1)[C@@H]1CCCN1C(=O)c1ccc2ccccc2c1. The maximum Gasteiger partial charge on any atom is 0.254 e. The van der Waals surface area contributed by atoms with Gasteiger partial charge in [0.25, 0.3) is 5.91 Å². The summed E-state index contributed by atoms with van der Waals surface area (Å²) in [5.74, 6) is 0.475. The van der Waals surface area contributed by atoms with Crippen LogP contribution in [-0.4, -0.2) is 29.3 Å². The molecule has 0 bridgehead atoms. The number of rotatable bonds is 4. The first-order valence-corrected chi connectivity index (χ1v) is 8.82. The quantitative estimate of drug-likeness (QED) is 0.786. The van der Waals surface area contributed by atoms with Gasteiger partial charge in [-0.15, -0.1) is 0 Å². The van der Waals surface area contributed by atoms with Crippen LogP contribution in [0, 0.1) is 0 Å². The number of carbonyl (C=O) groups excluding carboxylic acids is 2. The summed E-state index contributed by atoms with van der Waals surface area (Å²) in [6, 6.07) is 16.8. The van der Waals surface area contributed by atoms with Crippen molar-refractivity contribution in [2.75, 3.05) is 6.54 Å². The highest BCUT2D eigenvalue weighted by Gasteiger charge is 2.34. The summed E-state index contributed by atoms with van der Waals surface area (Å²) in [7, 11) is 0. The molecule has 5 heteroatoms. The zero-order valence-corrected chi connectivity index (χ0v) is 14.4. The maximum atomic E-state index is 13.0. The van der Waals surface area contributed by atoms with Crippen LogP contribution in [0.3, 0.4) is 0 Å². The summed E-state index contributed by atoms with van der Waals surface area (Å²) in [6.45, 7) is 0.935. The van der Waals surface area contributed by atoms with E-state index in [4.69, 9.17) is 4.42 Å². The molecule has 1 N–H and O–H groups in total. The lowest BCUT2D eigenvalue weighted by atomic mass is 10.1. The number of carbonyl (C=O) groups is 2. The second-order valence-corrected chi connectivity index (χ2v) is 6.52. The van der Waals surface area contributed by atoms with Crippen LogP contribution in [0.15, 0.2) is 65.3 Å². The Bertz CT molecular complexity index is 933. The normalized spacial score (nSPS) is 16.8. The van der Waals surface area contributed by atoms with Gasteiger partial charge in [-0.05, 0) is 47.9 Å². The smallest absolute Gasteiger partial charge is 0.254 e. The largest absolute Gasteiger partial charge is 0.467 e. The highest BCUT2D eigenvalue weighted by Crippen LogP contribution is 2.23. The number of nitrogens with zero attached hydrogens (tertiary/aromatic N) is 1. The average Bonchev–Trinajstić information content (AvgIpc) is 3.37. The fourth-order valence-corrected chi connectivity index (χ4v) is 3.48. The molecule has 0 aliphatic carbocycles. The lowest BCUT2D eigenvalue weighted by molar-refractivity contribution is -0.125. The molecule has 1 saturated heterocycles. The van der Waals surface area contributed by atoms with Crippen molar-refractivity contribution < 1.29 is 14.0 Å². The summed E-state index contributed by atoms with van der Waals surface area (Å²) in [6.07, 6.45) is 3.09. The number of benzene rings is 2. The molecule has 4 rings (SSSR count). The molecule has 1 aliphatic heterocycles. The van der Waals surface area contributed by atoms with Gasteiger partial charge < -0.3 is 14.6 Å². The number of furan rings is 1. The number of nitrogens with one attached hydrogen (secondary N) is 1. The summed E-state index contributed by atoms with van der Waals surface area (Å²) in [5, 5.41) is 4.99. The number of fused-ring (bicyclic) bond motifs is 1. The van der Waals surface area contributed by atoms with E-state index < -0.39 is 6.04 Å². The molecule has 1 aromatic heterocycles. The van der Waals surface area contributed by atoms with Gasteiger partial charge >= 0.3 is 0 Å². The molecule has 2 amide bonds. The molecular weight excluding hydrogens is 328 g/mol. The van der Waals surface area contributed by atoms with Gasteiger partial charge in [0.1, 0.15) is 11.8 Å². The Morgan fingerprint density at radius 3 is 2.73 bits per heavy atom. The Hall–Kier alpha value is -3.08. The van der Waals surface area contributed by atoms with Crippen molar-refractivity contribution in [3.63, 3.8) is 0 Å². The van der Waals surface area contributed by atoms with E-state index in [9.17, 15) is 9.59 Å². The molecule has 2 heterocycles. The number of hydrogen-bond donors (Lipinski definition) is 1. The molecule has 1 atom stereocenters. The van der Waals surface area contributed by atoms with Gasteiger partial charge in [0.15, 0.2) is 0 Å². The lowest BCUT2D eigenvalue weighted by Gasteiger charge is -2.24. The molecule has 5 nitrogen and oxygen atoms in total. The van der Waals surface area contributed by atoms with Gasteiger partial charge in [-0.25, -0.2) is 0 Å². The third-order valence-corrected chi connectivity index (χ3v) is 4.83. The summed E-state index contributed by atoms with van der Waals surface area (Å²) < 4.78 is 5.24. The van der Waals surface area contributed by atoms with Crippen LogP contribution in [-0.2, 0) is 11.3 Å².